The molecule has 1 aromatic heterocycles. The number of hydrogen-bond acceptors (Lipinski definition) is 3. The maximum Gasteiger partial charge on any atom is 0.338 e. The second kappa shape index (κ2) is 5.05. The lowest BCUT2D eigenvalue weighted by molar-refractivity contribution is 0.0600. The molecular formula is C17H16N2O2. The number of hydrogen-bond donors (Lipinski definition) is 0. The highest BCUT2D eigenvalue weighted by Gasteiger charge is 2.16. The molecule has 3 rings (SSSR count). The summed E-state index contributed by atoms with van der Waals surface area (Å²) in [7, 11) is 1.39. The minimum Gasteiger partial charge on any atom is -0.465 e. The van der Waals surface area contributed by atoms with Gasteiger partial charge in [0, 0.05) is 5.69 Å². The first-order chi connectivity index (χ1) is 10.1. The zero-order valence-corrected chi connectivity index (χ0v) is 12.3. The number of nitrogens with zero attached hydrogens (tertiary/aromatic N) is 2. The Kier molecular flexibility index (Phi) is 3.22. The first kappa shape index (κ1) is 13.4. The molecule has 0 unspecified atom stereocenters. The van der Waals surface area contributed by atoms with E-state index >= 15 is 0 Å². The molecule has 0 aliphatic carbocycles. The number of rotatable bonds is 2. The van der Waals surface area contributed by atoms with E-state index in [0.29, 0.717) is 5.56 Å². The number of carbonyl (C=O) groups is 1. The number of esters is 1. The molecule has 0 fully saturated rings. The molecule has 0 saturated heterocycles. The minimum atomic E-state index is -0.332. The summed E-state index contributed by atoms with van der Waals surface area (Å²) < 4.78 is 6.90. The summed E-state index contributed by atoms with van der Waals surface area (Å²) in [5.41, 5.74) is 4.28. The van der Waals surface area contributed by atoms with Crippen LogP contribution in [0.1, 0.15) is 21.7 Å². The maximum atomic E-state index is 11.8. The molecule has 0 saturated carbocycles. The number of benzene rings is 2. The number of aromatic nitrogens is 2. The van der Waals surface area contributed by atoms with E-state index in [-0.39, 0.29) is 5.97 Å². The average Bonchev–Trinajstić information content (AvgIpc) is 2.85. The van der Waals surface area contributed by atoms with Gasteiger partial charge in [0.2, 0.25) is 0 Å². The third-order valence-corrected chi connectivity index (χ3v) is 3.67. The fourth-order valence-corrected chi connectivity index (χ4v) is 2.63. The van der Waals surface area contributed by atoms with Crippen molar-refractivity contribution in [2.45, 2.75) is 13.8 Å². The lowest BCUT2D eigenvalue weighted by Gasteiger charge is -2.08. The average molecular weight is 280 g/mol. The third-order valence-electron chi connectivity index (χ3n) is 3.67. The molecule has 0 atom stereocenters. The van der Waals surface area contributed by atoms with Crippen molar-refractivity contribution in [2.24, 2.45) is 0 Å². The van der Waals surface area contributed by atoms with E-state index in [1.54, 1.807) is 6.07 Å². The largest absolute Gasteiger partial charge is 0.465 e. The molecule has 0 radical (unpaired) electrons. The summed E-state index contributed by atoms with van der Waals surface area (Å²) in [5.74, 6) is 0.558. The van der Waals surface area contributed by atoms with Gasteiger partial charge in [0.15, 0.2) is 0 Å². The topological polar surface area (TPSA) is 44.1 Å². The maximum absolute atomic E-state index is 11.8. The van der Waals surface area contributed by atoms with Gasteiger partial charge in [0.25, 0.3) is 0 Å². The van der Waals surface area contributed by atoms with Crippen LogP contribution < -0.4 is 0 Å². The Hall–Kier alpha value is -2.62. The Morgan fingerprint density at radius 3 is 2.48 bits per heavy atom. The monoisotopic (exact) mass is 280 g/mol. The van der Waals surface area contributed by atoms with Gasteiger partial charge in [-0.3, -0.25) is 4.57 Å². The Morgan fingerprint density at radius 1 is 1.10 bits per heavy atom. The Bertz CT molecular complexity index is 820. The second-order valence-electron chi connectivity index (χ2n) is 4.93. The number of para-hydroxylation sites is 1. The molecule has 0 aliphatic rings. The molecule has 0 aliphatic heterocycles. The molecule has 21 heavy (non-hydrogen) atoms. The number of fused-ring (bicyclic) bond motifs is 1. The van der Waals surface area contributed by atoms with Gasteiger partial charge >= 0.3 is 5.97 Å². The van der Waals surface area contributed by atoms with E-state index in [2.05, 4.69) is 9.55 Å². The SMILES string of the molecule is COC(=O)c1ccc2c(nc(C)n2-c2ccccc2)c1C. The summed E-state index contributed by atoms with van der Waals surface area (Å²) in [6.07, 6.45) is 0. The van der Waals surface area contributed by atoms with Gasteiger partial charge in [-0.1, -0.05) is 18.2 Å². The number of ether oxygens (including phenoxy) is 1. The molecule has 3 aromatic rings. The second-order valence-corrected chi connectivity index (χ2v) is 4.93. The van der Waals surface area contributed by atoms with Crippen molar-refractivity contribution in [1.29, 1.82) is 0 Å². The van der Waals surface area contributed by atoms with E-state index < -0.39 is 0 Å². The van der Waals surface area contributed by atoms with Gasteiger partial charge in [-0.25, -0.2) is 9.78 Å². The number of imidazole rings is 1. The van der Waals surface area contributed by atoms with Crippen molar-refractivity contribution in [3.8, 4) is 5.69 Å². The van der Waals surface area contributed by atoms with E-state index in [0.717, 1.165) is 28.1 Å². The van der Waals surface area contributed by atoms with Crippen molar-refractivity contribution < 1.29 is 9.53 Å². The van der Waals surface area contributed by atoms with Crippen LogP contribution in [0.2, 0.25) is 0 Å². The smallest absolute Gasteiger partial charge is 0.338 e. The summed E-state index contributed by atoms with van der Waals surface area (Å²) in [6.45, 7) is 3.86. The Balaban J connectivity index is 2.28. The van der Waals surface area contributed by atoms with E-state index in [4.69, 9.17) is 4.74 Å². The Labute approximate surface area is 123 Å². The van der Waals surface area contributed by atoms with Crippen molar-refractivity contribution in [1.82, 2.24) is 9.55 Å². The summed E-state index contributed by atoms with van der Waals surface area (Å²) in [4.78, 5) is 16.4. The van der Waals surface area contributed by atoms with Crippen LogP contribution in [0.4, 0.5) is 0 Å². The van der Waals surface area contributed by atoms with Gasteiger partial charge in [-0.15, -0.1) is 0 Å². The summed E-state index contributed by atoms with van der Waals surface area (Å²) in [5, 5.41) is 0. The summed E-state index contributed by atoms with van der Waals surface area (Å²) >= 11 is 0. The number of carbonyl (C=O) groups excluding carboxylic acids is 1. The molecular weight excluding hydrogens is 264 g/mol. The molecule has 4 heteroatoms. The Morgan fingerprint density at radius 2 is 1.81 bits per heavy atom. The van der Waals surface area contributed by atoms with Crippen LogP contribution in [0, 0.1) is 13.8 Å². The normalized spacial score (nSPS) is 10.8. The van der Waals surface area contributed by atoms with Gasteiger partial charge in [-0.2, -0.15) is 0 Å². The molecule has 0 spiro atoms. The summed E-state index contributed by atoms with van der Waals surface area (Å²) in [6, 6.07) is 13.8. The molecule has 0 N–H and O–H groups in total. The van der Waals surface area contributed by atoms with Crippen LogP contribution in [0.25, 0.3) is 16.7 Å². The van der Waals surface area contributed by atoms with Crippen molar-refractivity contribution >= 4 is 17.0 Å². The number of aryl methyl sites for hydroxylation is 2. The molecule has 1 heterocycles. The zero-order chi connectivity index (χ0) is 15.0. The van der Waals surface area contributed by atoms with Crippen LogP contribution >= 0.6 is 0 Å². The fourth-order valence-electron chi connectivity index (χ4n) is 2.63. The van der Waals surface area contributed by atoms with Gasteiger partial charge < -0.3 is 4.74 Å². The number of methoxy groups -OCH3 is 1. The molecule has 0 amide bonds. The zero-order valence-electron chi connectivity index (χ0n) is 12.3. The van der Waals surface area contributed by atoms with E-state index in [9.17, 15) is 4.79 Å². The molecule has 2 aromatic carbocycles. The lowest BCUT2D eigenvalue weighted by Crippen LogP contribution is -2.04. The first-order valence-electron chi connectivity index (χ1n) is 6.76. The van der Waals surface area contributed by atoms with Crippen LogP contribution in [-0.2, 0) is 4.74 Å². The lowest BCUT2D eigenvalue weighted by atomic mass is 10.1. The van der Waals surface area contributed by atoms with Crippen molar-refractivity contribution in [2.75, 3.05) is 7.11 Å². The van der Waals surface area contributed by atoms with E-state index in [1.165, 1.54) is 7.11 Å². The van der Waals surface area contributed by atoms with E-state index in [1.807, 2.05) is 50.2 Å². The van der Waals surface area contributed by atoms with Crippen molar-refractivity contribution in [3.63, 3.8) is 0 Å². The highest BCUT2D eigenvalue weighted by molar-refractivity contribution is 5.97. The van der Waals surface area contributed by atoms with Gasteiger partial charge in [-0.05, 0) is 43.7 Å². The van der Waals surface area contributed by atoms with Gasteiger partial charge in [0.05, 0.1) is 23.7 Å². The predicted molar refractivity (Wildman–Crippen MR) is 81.9 cm³/mol. The van der Waals surface area contributed by atoms with Crippen LogP contribution in [-0.4, -0.2) is 22.6 Å². The van der Waals surface area contributed by atoms with Crippen LogP contribution in [0.3, 0.4) is 0 Å². The quantitative estimate of drug-likeness (QED) is 0.675. The molecule has 4 nitrogen and oxygen atoms in total. The predicted octanol–water partition coefficient (Wildman–Crippen LogP) is 3.43. The molecule has 106 valence electrons. The van der Waals surface area contributed by atoms with Crippen molar-refractivity contribution in [3.05, 3.63) is 59.4 Å². The van der Waals surface area contributed by atoms with Crippen LogP contribution in [0.15, 0.2) is 42.5 Å². The third kappa shape index (κ3) is 2.09. The molecule has 0 bridgehead atoms. The highest BCUT2D eigenvalue weighted by atomic mass is 16.5. The minimum absolute atomic E-state index is 0.332. The first-order valence-corrected chi connectivity index (χ1v) is 6.76. The van der Waals surface area contributed by atoms with Gasteiger partial charge in [0.1, 0.15) is 5.82 Å². The highest BCUT2D eigenvalue weighted by Crippen LogP contribution is 2.26. The standard InChI is InChI=1S/C17H16N2O2/c1-11-14(17(20)21-3)9-10-15-16(11)18-12(2)19(15)13-7-5-4-6-8-13/h4-10H,1-3H3. The van der Waals surface area contributed by atoms with Crippen LogP contribution in [0.5, 0.6) is 0 Å². The fraction of sp³-hybridized carbons (Fsp3) is 0.176.